The molecule has 29 heavy (non-hydrogen) atoms. The van der Waals surface area contributed by atoms with Gasteiger partial charge in [0.2, 0.25) is 0 Å². The minimum absolute atomic E-state index is 0.105. The van der Waals surface area contributed by atoms with Crippen LogP contribution in [0.4, 0.5) is 0 Å². The van der Waals surface area contributed by atoms with Crippen molar-refractivity contribution in [2.45, 2.75) is 0 Å². The van der Waals surface area contributed by atoms with E-state index in [0.29, 0.717) is 22.4 Å². The fourth-order valence-electron chi connectivity index (χ4n) is 3.96. The molecular weight excluding hydrogens is 358 g/mol. The average Bonchev–Trinajstić information content (AvgIpc) is 2.78. The smallest absolute Gasteiger partial charge is 0.267 e. The van der Waals surface area contributed by atoms with E-state index in [2.05, 4.69) is 24.3 Å². The van der Waals surface area contributed by atoms with E-state index in [-0.39, 0.29) is 5.56 Å². The quantitative estimate of drug-likeness (QED) is 0.293. The molecule has 0 bridgehead atoms. The molecule has 6 rings (SSSR count). The van der Waals surface area contributed by atoms with E-state index < -0.39 is 0 Å². The van der Waals surface area contributed by atoms with Crippen LogP contribution in [0.1, 0.15) is 0 Å². The summed E-state index contributed by atoms with van der Waals surface area (Å²) in [6.45, 7) is 0. The summed E-state index contributed by atoms with van der Waals surface area (Å²) in [7, 11) is 0. The van der Waals surface area contributed by atoms with Gasteiger partial charge in [-0.25, -0.2) is 14.4 Å². The third kappa shape index (κ3) is 2.36. The van der Waals surface area contributed by atoms with E-state index in [1.165, 1.54) is 0 Å². The Balaban J connectivity index is 1.83. The Labute approximate surface area is 165 Å². The standard InChI is InChI=1S/C25H15N3O/c29-25-20-10-4-6-12-22(20)27-24-19-9-3-5-11-21(19)26-23(28(24)25)18-14-13-16-7-1-2-8-17(16)15-18/h1-15H. The highest BCUT2D eigenvalue weighted by Gasteiger charge is 2.15. The second-order valence-corrected chi connectivity index (χ2v) is 7.11. The maximum atomic E-state index is 13.5. The minimum atomic E-state index is -0.105. The lowest BCUT2D eigenvalue weighted by Gasteiger charge is -2.12. The molecule has 136 valence electrons. The summed E-state index contributed by atoms with van der Waals surface area (Å²) >= 11 is 0. The van der Waals surface area contributed by atoms with Gasteiger partial charge in [-0.1, -0.05) is 60.7 Å². The zero-order valence-electron chi connectivity index (χ0n) is 15.4. The zero-order chi connectivity index (χ0) is 19.4. The van der Waals surface area contributed by atoms with Gasteiger partial charge in [-0.15, -0.1) is 0 Å². The molecule has 0 amide bonds. The van der Waals surface area contributed by atoms with Crippen molar-refractivity contribution in [2.75, 3.05) is 0 Å². The highest BCUT2D eigenvalue weighted by atomic mass is 16.1. The fourth-order valence-corrected chi connectivity index (χ4v) is 3.96. The summed E-state index contributed by atoms with van der Waals surface area (Å²) in [5.74, 6) is 0.604. The van der Waals surface area contributed by atoms with E-state index >= 15 is 0 Å². The van der Waals surface area contributed by atoms with Gasteiger partial charge in [0, 0.05) is 10.9 Å². The lowest BCUT2D eigenvalue weighted by atomic mass is 10.1. The third-order valence-corrected chi connectivity index (χ3v) is 5.37. The first-order chi connectivity index (χ1) is 14.3. The SMILES string of the molecule is O=c1c2ccccc2nc2c3ccccc3nc(-c3ccc4ccccc4c3)n12. The molecule has 0 spiro atoms. The third-order valence-electron chi connectivity index (χ3n) is 5.37. The molecule has 2 aromatic heterocycles. The van der Waals surface area contributed by atoms with Crippen LogP contribution in [0.5, 0.6) is 0 Å². The highest BCUT2D eigenvalue weighted by Crippen LogP contribution is 2.27. The molecule has 0 atom stereocenters. The number of fused-ring (bicyclic) bond motifs is 5. The maximum Gasteiger partial charge on any atom is 0.267 e. The Morgan fingerprint density at radius 2 is 1.28 bits per heavy atom. The van der Waals surface area contributed by atoms with Crippen molar-refractivity contribution in [3.63, 3.8) is 0 Å². The molecular formula is C25H15N3O. The van der Waals surface area contributed by atoms with Gasteiger partial charge in [0.15, 0.2) is 5.65 Å². The van der Waals surface area contributed by atoms with Crippen molar-refractivity contribution in [3.8, 4) is 11.4 Å². The second kappa shape index (κ2) is 5.97. The number of rotatable bonds is 1. The van der Waals surface area contributed by atoms with Gasteiger partial charge in [-0.2, -0.15) is 0 Å². The van der Waals surface area contributed by atoms with E-state index in [4.69, 9.17) is 9.97 Å². The molecule has 4 nitrogen and oxygen atoms in total. The van der Waals surface area contributed by atoms with Crippen molar-refractivity contribution in [2.24, 2.45) is 0 Å². The van der Waals surface area contributed by atoms with Gasteiger partial charge >= 0.3 is 0 Å². The molecule has 0 aliphatic rings. The Bertz CT molecular complexity index is 1630. The van der Waals surface area contributed by atoms with Gasteiger partial charge in [-0.3, -0.25) is 4.79 Å². The van der Waals surface area contributed by atoms with E-state index in [9.17, 15) is 4.79 Å². The summed E-state index contributed by atoms with van der Waals surface area (Å²) in [6.07, 6.45) is 0. The van der Waals surface area contributed by atoms with Gasteiger partial charge in [-0.05, 0) is 41.1 Å². The number of nitrogens with zero attached hydrogens (tertiary/aromatic N) is 3. The van der Waals surface area contributed by atoms with Crippen LogP contribution in [-0.4, -0.2) is 14.4 Å². The van der Waals surface area contributed by atoms with Gasteiger partial charge in [0.25, 0.3) is 5.56 Å². The number of hydrogen-bond donors (Lipinski definition) is 0. The number of para-hydroxylation sites is 2. The van der Waals surface area contributed by atoms with Crippen LogP contribution in [-0.2, 0) is 0 Å². The first-order valence-corrected chi connectivity index (χ1v) is 9.49. The molecule has 4 aromatic carbocycles. The van der Waals surface area contributed by atoms with Crippen molar-refractivity contribution in [1.82, 2.24) is 14.4 Å². The molecule has 0 saturated carbocycles. The number of aromatic nitrogens is 3. The molecule has 2 heterocycles. The normalized spacial score (nSPS) is 11.6. The summed E-state index contributed by atoms with van der Waals surface area (Å²) in [4.78, 5) is 23.2. The van der Waals surface area contributed by atoms with E-state index in [1.807, 2.05) is 66.7 Å². The molecule has 0 N–H and O–H groups in total. The number of benzene rings is 4. The molecule has 0 aliphatic heterocycles. The lowest BCUT2D eigenvalue weighted by molar-refractivity contribution is 1.05. The van der Waals surface area contributed by atoms with Gasteiger partial charge in [0.1, 0.15) is 5.82 Å². The van der Waals surface area contributed by atoms with Crippen molar-refractivity contribution < 1.29 is 0 Å². The first kappa shape index (κ1) is 16.0. The van der Waals surface area contributed by atoms with E-state index in [1.54, 1.807) is 4.40 Å². The maximum absolute atomic E-state index is 13.5. The minimum Gasteiger partial charge on any atom is -0.268 e. The topological polar surface area (TPSA) is 47.3 Å². The summed E-state index contributed by atoms with van der Waals surface area (Å²) in [6, 6.07) is 29.6. The molecule has 4 heteroatoms. The fraction of sp³-hybridized carbons (Fsp3) is 0. The Morgan fingerprint density at radius 1 is 0.621 bits per heavy atom. The summed E-state index contributed by atoms with van der Waals surface area (Å²) < 4.78 is 1.65. The van der Waals surface area contributed by atoms with Crippen molar-refractivity contribution >= 4 is 38.2 Å². The van der Waals surface area contributed by atoms with E-state index in [0.717, 1.165) is 27.2 Å². The first-order valence-electron chi connectivity index (χ1n) is 9.49. The molecule has 0 aliphatic carbocycles. The molecule has 0 fully saturated rings. The second-order valence-electron chi connectivity index (χ2n) is 7.11. The predicted octanol–water partition coefficient (Wildman–Crippen LogP) is 5.22. The van der Waals surface area contributed by atoms with Crippen molar-refractivity contribution in [1.29, 1.82) is 0 Å². The van der Waals surface area contributed by atoms with Crippen LogP contribution in [0.25, 0.3) is 49.6 Å². The molecule has 6 aromatic rings. The lowest BCUT2D eigenvalue weighted by Crippen LogP contribution is -2.18. The molecule has 0 saturated heterocycles. The Hall–Kier alpha value is -4.05. The van der Waals surface area contributed by atoms with Crippen LogP contribution < -0.4 is 5.56 Å². The van der Waals surface area contributed by atoms with Crippen LogP contribution >= 0.6 is 0 Å². The molecule has 0 radical (unpaired) electrons. The summed E-state index contributed by atoms with van der Waals surface area (Å²) in [5.41, 5.74) is 2.92. The largest absolute Gasteiger partial charge is 0.268 e. The molecule has 0 unspecified atom stereocenters. The van der Waals surface area contributed by atoms with Gasteiger partial charge < -0.3 is 0 Å². The van der Waals surface area contributed by atoms with Crippen LogP contribution in [0, 0.1) is 0 Å². The predicted molar refractivity (Wildman–Crippen MR) is 117 cm³/mol. The number of hydrogen-bond acceptors (Lipinski definition) is 3. The van der Waals surface area contributed by atoms with Crippen LogP contribution in [0.2, 0.25) is 0 Å². The highest BCUT2D eigenvalue weighted by molar-refractivity contribution is 5.96. The van der Waals surface area contributed by atoms with Gasteiger partial charge in [0.05, 0.1) is 16.4 Å². The Morgan fingerprint density at radius 3 is 2.10 bits per heavy atom. The zero-order valence-corrected chi connectivity index (χ0v) is 15.4. The van der Waals surface area contributed by atoms with Crippen molar-refractivity contribution in [3.05, 3.63) is 101 Å². The van der Waals surface area contributed by atoms with Crippen LogP contribution in [0.15, 0.2) is 95.8 Å². The average molecular weight is 373 g/mol. The summed E-state index contributed by atoms with van der Waals surface area (Å²) in [5, 5.41) is 3.70. The Kier molecular flexibility index (Phi) is 3.29. The van der Waals surface area contributed by atoms with Crippen LogP contribution in [0.3, 0.4) is 0 Å². The monoisotopic (exact) mass is 373 g/mol.